The third-order valence-electron chi connectivity index (χ3n) is 2.34. The molecule has 0 unspecified atom stereocenters. The van der Waals surface area contributed by atoms with E-state index in [-0.39, 0.29) is 0 Å². The average Bonchev–Trinajstić information content (AvgIpc) is 2.15. The van der Waals surface area contributed by atoms with Gasteiger partial charge in [0.1, 0.15) is 0 Å². The summed E-state index contributed by atoms with van der Waals surface area (Å²) in [6.07, 6.45) is 5.24. The van der Waals surface area contributed by atoms with Crippen LogP contribution in [-0.4, -0.2) is 35.9 Å². The summed E-state index contributed by atoms with van der Waals surface area (Å²) in [7, 11) is -1.70. The van der Waals surface area contributed by atoms with Crippen molar-refractivity contribution in [3.63, 3.8) is 0 Å². The third-order valence-corrected chi connectivity index (χ3v) is 7.31. The number of hydrogen-bond acceptors (Lipinski definition) is 2. The summed E-state index contributed by atoms with van der Waals surface area (Å²) in [6.45, 7) is 13.9. The first-order chi connectivity index (χ1) is 6.99. The molecule has 0 spiro atoms. The van der Waals surface area contributed by atoms with E-state index in [0.29, 0.717) is 0 Å². The summed E-state index contributed by atoms with van der Waals surface area (Å²) < 4.78 is 8.69. The molecule has 92 valence electrons. The molecule has 0 aromatic carbocycles. The molecule has 0 N–H and O–H groups in total. The number of unbranched alkanes of at least 4 members (excludes halogenated alkanes) is 2. The van der Waals surface area contributed by atoms with Gasteiger partial charge in [-0.3, -0.25) is 0 Å². The lowest BCUT2D eigenvalue weighted by Crippen LogP contribution is -2.38. The molecule has 0 saturated carbocycles. The van der Waals surface area contributed by atoms with E-state index in [1.807, 2.05) is 0 Å². The van der Waals surface area contributed by atoms with E-state index >= 15 is 0 Å². The largest absolute Gasteiger partial charge is 0.449 e. The molecular formula is C11H29NOSi2. The lowest BCUT2D eigenvalue weighted by molar-refractivity contribution is 0.373. The molecule has 0 aliphatic heterocycles. The number of hydrogen-bond donors (Lipinski definition) is 0. The molecule has 0 bridgehead atoms. The number of nitrogens with zero attached hydrogens (tertiary/aromatic N) is 1. The Morgan fingerprint density at radius 3 is 1.80 bits per heavy atom. The molecule has 15 heavy (non-hydrogen) atoms. The van der Waals surface area contributed by atoms with Gasteiger partial charge in [0.2, 0.25) is 9.92 Å². The molecule has 4 heteroatoms. The summed E-state index contributed by atoms with van der Waals surface area (Å²) in [5.74, 6) is 0. The zero-order valence-electron chi connectivity index (χ0n) is 11.3. The van der Waals surface area contributed by atoms with E-state index in [2.05, 4.69) is 38.1 Å². The highest BCUT2D eigenvalue weighted by atomic mass is 28.4. The summed E-state index contributed by atoms with van der Waals surface area (Å²) in [6, 6.07) is 0. The zero-order chi connectivity index (χ0) is 11.7. The highest BCUT2D eigenvalue weighted by Gasteiger charge is 2.15. The van der Waals surface area contributed by atoms with Gasteiger partial charge in [-0.2, -0.15) is 0 Å². The maximum absolute atomic E-state index is 6.09. The van der Waals surface area contributed by atoms with Gasteiger partial charge in [-0.15, -0.1) is 0 Å². The van der Waals surface area contributed by atoms with Gasteiger partial charge in [0, 0.05) is 0 Å². The first-order valence-electron chi connectivity index (χ1n) is 6.36. The molecule has 0 fully saturated rings. The van der Waals surface area contributed by atoms with Crippen LogP contribution in [0.3, 0.4) is 0 Å². The molecule has 0 aliphatic rings. The second kappa shape index (κ2) is 8.50. The fourth-order valence-corrected chi connectivity index (χ4v) is 4.27. The fraction of sp³-hybridized carbons (Fsp3) is 1.00. The van der Waals surface area contributed by atoms with Crippen LogP contribution in [0.15, 0.2) is 0 Å². The van der Waals surface area contributed by atoms with Crippen molar-refractivity contribution >= 4 is 18.2 Å². The van der Waals surface area contributed by atoms with Gasteiger partial charge < -0.3 is 8.68 Å². The molecule has 0 radical (unpaired) electrons. The van der Waals surface area contributed by atoms with Crippen molar-refractivity contribution < 1.29 is 4.12 Å². The van der Waals surface area contributed by atoms with E-state index in [0.717, 1.165) is 0 Å². The predicted molar refractivity (Wildman–Crippen MR) is 74.4 cm³/mol. The first kappa shape index (κ1) is 15.4. The van der Waals surface area contributed by atoms with Crippen molar-refractivity contribution in [2.75, 3.05) is 13.1 Å². The van der Waals surface area contributed by atoms with Gasteiger partial charge in [-0.05, 0) is 45.6 Å². The summed E-state index contributed by atoms with van der Waals surface area (Å²) in [5.41, 5.74) is 0. The van der Waals surface area contributed by atoms with Crippen LogP contribution in [0.2, 0.25) is 19.6 Å². The zero-order valence-corrected chi connectivity index (χ0v) is 13.7. The molecule has 0 rings (SSSR count). The van der Waals surface area contributed by atoms with Crippen LogP contribution in [0, 0.1) is 0 Å². The molecule has 0 aliphatic carbocycles. The topological polar surface area (TPSA) is 12.5 Å². The Morgan fingerprint density at radius 2 is 1.47 bits per heavy atom. The van der Waals surface area contributed by atoms with Crippen molar-refractivity contribution in [3.05, 3.63) is 0 Å². The Kier molecular flexibility index (Phi) is 8.70. The Hall–Kier alpha value is 0.354. The van der Waals surface area contributed by atoms with Crippen LogP contribution < -0.4 is 0 Å². The summed E-state index contributed by atoms with van der Waals surface area (Å²) >= 11 is 0. The minimum atomic E-state index is -1.28. The molecule has 0 amide bonds. The Labute approximate surface area is 99.5 Å². The highest BCUT2D eigenvalue weighted by Crippen LogP contribution is 2.04. The lowest BCUT2D eigenvalue weighted by atomic mass is 10.3. The quantitative estimate of drug-likeness (QED) is 0.581. The van der Waals surface area contributed by atoms with Gasteiger partial charge in [0.25, 0.3) is 0 Å². The van der Waals surface area contributed by atoms with E-state index in [1.165, 1.54) is 38.8 Å². The lowest BCUT2D eigenvalue weighted by Gasteiger charge is -2.26. The summed E-state index contributed by atoms with van der Waals surface area (Å²) in [5, 5.41) is 0. The van der Waals surface area contributed by atoms with Crippen molar-refractivity contribution in [1.82, 2.24) is 4.57 Å². The van der Waals surface area contributed by atoms with Crippen molar-refractivity contribution in [2.24, 2.45) is 0 Å². The van der Waals surface area contributed by atoms with E-state index < -0.39 is 18.2 Å². The molecular weight excluding hydrogens is 218 g/mol. The van der Waals surface area contributed by atoms with Crippen LogP contribution in [0.4, 0.5) is 0 Å². The third kappa shape index (κ3) is 10.6. The maximum Gasteiger partial charge on any atom is 0.227 e. The molecule has 2 nitrogen and oxygen atoms in total. The second-order valence-corrected chi connectivity index (χ2v) is 11.7. The molecule has 0 aromatic heterocycles. The standard InChI is InChI=1S/C11H29NOSi2/c1-6-8-10-12(11-9-7-2)14-13-15(3,4)5/h6-11,14H2,1-5H3. The second-order valence-electron chi connectivity index (χ2n) is 5.21. The van der Waals surface area contributed by atoms with Crippen LogP contribution in [0.5, 0.6) is 0 Å². The molecule has 0 saturated heterocycles. The van der Waals surface area contributed by atoms with Gasteiger partial charge in [0.15, 0.2) is 8.32 Å². The highest BCUT2D eigenvalue weighted by molar-refractivity contribution is 6.73. The van der Waals surface area contributed by atoms with Crippen LogP contribution in [-0.2, 0) is 4.12 Å². The minimum absolute atomic E-state index is 0.424. The molecule has 0 heterocycles. The maximum atomic E-state index is 6.09. The monoisotopic (exact) mass is 247 g/mol. The first-order valence-corrected chi connectivity index (χ1v) is 11.0. The van der Waals surface area contributed by atoms with Gasteiger partial charge >= 0.3 is 0 Å². The fourth-order valence-electron chi connectivity index (χ4n) is 1.29. The SMILES string of the molecule is CCCCN(CCCC)[SiH2]O[Si](C)(C)C. The predicted octanol–water partition coefficient (Wildman–Crippen LogP) is 2.74. The van der Waals surface area contributed by atoms with Gasteiger partial charge in [0.05, 0.1) is 0 Å². The van der Waals surface area contributed by atoms with E-state index in [4.69, 9.17) is 4.12 Å². The van der Waals surface area contributed by atoms with E-state index in [1.54, 1.807) is 0 Å². The molecule has 0 aromatic rings. The van der Waals surface area contributed by atoms with E-state index in [9.17, 15) is 0 Å². The van der Waals surface area contributed by atoms with Crippen LogP contribution >= 0.6 is 0 Å². The van der Waals surface area contributed by atoms with Gasteiger partial charge in [-0.25, -0.2) is 0 Å². The molecule has 0 atom stereocenters. The average molecular weight is 248 g/mol. The Morgan fingerprint density at radius 1 is 1.00 bits per heavy atom. The number of rotatable bonds is 9. The van der Waals surface area contributed by atoms with Crippen molar-refractivity contribution in [2.45, 2.75) is 59.2 Å². The van der Waals surface area contributed by atoms with Gasteiger partial charge in [-0.1, -0.05) is 26.7 Å². The van der Waals surface area contributed by atoms with Crippen molar-refractivity contribution in [1.29, 1.82) is 0 Å². The van der Waals surface area contributed by atoms with Crippen LogP contribution in [0.1, 0.15) is 39.5 Å². The normalized spacial score (nSPS) is 13.2. The Bertz CT molecular complexity index is 140. The van der Waals surface area contributed by atoms with Crippen LogP contribution in [0.25, 0.3) is 0 Å². The Balaban J connectivity index is 3.78. The smallest absolute Gasteiger partial charge is 0.227 e. The summed E-state index contributed by atoms with van der Waals surface area (Å²) in [4.78, 5) is 0. The minimum Gasteiger partial charge on any atom is -0.449 e. The van der Waals surface area contributed by atoms with Crippen molar-refractivity contribution in [3.8, 4) is 0 Å².